The molecule has 1 aromatic heterocycles. The number of nitro groups is 1. The Morgan fingerprint density at radius 1 is 1.36 bits per heavy atom. The Balaban J connectivity index is 2.33. The van der Waals surface area contributed by atoms with Crippen LogP contribution in [0.15, 0.2) is 29.1 Å². The van der Waals surface area contributed by atoms with Crippen molar-refractivity contribution in [1.29, 1.82) is 0 Å². The fourth-order valence-corrected chi connectivity index (χ4v) is 2.80. The lowest BCUT2D eigenvalue weighted by molar-refractivity contribution is -0.483. The molecular weight excluding hydrogens is 370 g/mol. The molecule has 0 spiro atoms. The number of benzene rings is 1. The van der Waals surface area contributed by atoms with Gasteiger partial charge in [0, 0.05) is 11.8 Å². The molecule has 2 aromatic rings. The van der Waals surface area contributed by atoms with Gasteiger partial charge < -0.3 is 16.2 Å². The molecule has 148 valence electrons. The number of hydrogen-bond donors (Lipinski definition) is 4. The highest BCUT2D eigenvalue weighted by Crippen LogP contribution is 2.25. The molecule has 11 nitrogen and oxygen atoms in total. The third kappa shape index (κ3) is 5.37. The predicted molar refractivity (Wildman–Crippen MR) is 99.9 cm³/mol. The van der Waals surface area contributed by atoms with Gasteiger partial charge in [0.1, 0.15) is 5.82 Å². The van der Waals surface area contributed by atoms with Gasteiger partial charge in [0.05, 0.1) is 17.0 Å². The molecule has 5 N–H and O–H groups in total. The molecule has 11 heteroatoms. The number of carboxylic acids is 1. The first-order valence-electron chi connectivity index (χ1n) is 8.28. The van der Waals surface area contributed by atoms with Crippen molar-refractivity contribution in [2.24, 2.45) is 0 Å². The first-order chi connectivity index (χ1) is 13.2. The van der Waals surface area contributed by atoms with E-state index in [1.807, 2.05) is 0 Å². The van der Waals surface area contributed by atoms with Gasteiger partial charge in [-0.15, -0.1) is 0 Å². The molecule has 0 bridgehead atoms. The van der Waals surface area contributed by atoms with Gasteiger partial charge in [-0.2, -0.15) is 4.98 Å². The zero-order valence-electron chi connectivity index (χ0n) is 15.0. The Morgan fingerprint density at radius 2 is 2.00 bits per heavy atom. The minimum atomic E-state index is -1.06. The Hall–Kier alpha value is -3.76. The first-order valence-corrected chi connectivity index (χ1v) is 8.28. The summed E-state index contributed by atoms with van der Waals surface area (Å²) in [6, 6.07) is 6.07. The van der Waals surface area contributed by atoms with Crippen LogP contribution in [0.2, 0.25) is 0 Å². The Morgan fingerprint density at radius 3 is 2.54 bits per heavy atom. The number of aromatic carboxylic acids is 1. The smallest absolute Gasteiger partial charge is 0.335 e. The molecule has 1 heterocycles. The molecule has 1 amide bonds. The van der Waals surface area contributed by atoms with E-state index in [2.05, 4.69) is 15.3 Å². The summed E-state index contributed by atoms with van der Waals surface area (Å²) in [5, 5.41) is 22.4. The van der Waals surface area contributed by atoms with Gasteiger partial charge in [-0.25, -0.2) is 4.79 Å². The van der Waals surface area contributed by atoms with Crippen LogP contribution in [-0.2, 0) is 11.2 Å². The summed E-state index contributed by atoms with van der Waals surface area (Å²) < 4.78 is 0. The number of aryl methyl sites for hydroxylation is 1. The number of nitrogens with zero attached hydrogens (tertiary/aromatic N) is 2. The van der Waals surface area contributed by atoms with E-state index in [1.54, 1.807) is 12.1 Å². The molecule has 0 saturated heterocycles. The fourth-order valence-electron chi connectivity index (χ4n) is 2.80. The number of amides is 1. The van der Waals surface area contributed by atoms with Crippen LogP contribution >= 0.6 is 0 Å². The van der Waals surface area contributed by atoms with Crippen molar-refractivity contribution in [3.8, 4) is 0 Å². The van der Waals surface area contributed by atoms with E-state index in [1.165, 1.54) is 19.1 Å². The summed E-state index contributed by atoms with van der Waals surface area (Å²) in [7, 11) is 0. The van der Waals surface area contributed by atoms with Crippen LogP contribution in [0.4, 0.5) is 11.8 Å². The zero-order chi connectivity index (χ0) is 20.8. The van der Waals surface area contributed by atoms with Crippen LogP contribution in [0.1, 0.15) is 40.7 Å². The van der Waals surface area contributed by atoms with Gasteiger partial charge in [-0.05, 0) is 30.5 Å². The van der Waals surface area contributed by atoms with Gasteiger partial charge in [0.25, 0.3) is 5.56 Å². The maximum absolute atomic E-state index is 12.4. The summed E-state index contributed by atoms with van der Waals surface area (Å²) in [6.45, 7) is 0.670. The molecule has 0 saturated carbocycles. The van der Waals surface area contributed by atoms with E-state index in [9.17, 15) is 24.5 Å². The first kappa shape index (κ1) is 20.6. The predicted octanol–water partition coefficient (Wildman–Crippen LogP) is 1.00. The van der Waals surface area contributed by atoms with Gasteiger partial charge in [-0.3, -0.25) is 24.7 Å². The van der Waals surface area contributed by atoms with Crippen molar-refractivity contribution in [2.75, 3.05) is 17.6 Å². The number of rotatable bonds is 8. The largest absolute Gasteiger partial charge is 0.478 e. The van der Waals surface area contributed by atoms with Gasteiger partial charge in [0.2, 0.25) is 18.4 Å². The summed E-state index contributed by atoms with van der Waals surface area (Å²) in [5.41, 5.74) is 5.69. The average Bonchev–Trinajstić information content (AvgIpc) is 2.58. The van der Waals surface area contributed by atoms with Crippen LogP contribution in [0.3, 0.4) is 0 Å². The normalized spacial score (nSPS) is 11.6. The molecule has 2 rings (SSSR count). The summed E-state index contributed by atoms with van der Waals surface area (Å²) in [6.07, 6.45) is 0.552. The second-order valence-corrected chi connectivity index (χ2v) is 6.15. The number of carbonyl (C=O) groups is 2. The van der Waals surface area contributed by atoms with Crippen molar-refractivity contribution < 1.29 is 19.6 Å². The van der Waals surface area contributed by atoms with E-state index in [4.69, 9.17) is 10.8 Å². The van der Waals surface area contributed by atoms with Crippen molar-refractivity contribution in [3.05, 3.63) is 61.4 Å². The van der Waals surface area contributed by atoms with Crippen molar-refractivity contribution in [2.45, 2.75) is 25.7 Å². The lowest BCUT2D eigenvalue weighted by Gasteiger charge is -2.16. The minimum Gasteiger partial charge on any atom is -0.478 e. The topological polar surface area (TPSA) is 181 Å². The highest BCUT2D eigenvalue weighted by Gasteiger charge is 2.26. The highest BCUT2D eigenvalue weighted by molar-refractivity contribution is 5.88. The van der Waals surface area contributed by atoms with Gasteiger partial charge in [0.15, 0.2) is 0 Å². The number of aromatic nitrogens is 2. The van der Waals surface area contributed by atoms with Gasteiger partial charge in [-0.1, -0.05) is 12.1 Å². The van der Waals surface area contributed by atoms with Crippen LogP contribution in [-0.4, -0.2) is 38.4 Å². The zero-order valence-corrected chi connectivity index (χ0v) is 15.0. The van der Waals surface area contributed by atoms with E-state index < -0.39 is 34.8 Å². The van der Waals surface area contributed by atoms with Gasteiger partial charge >= 0.3 is 5.97 Å². The molecule has 0 aliphatic rings. The van der Waals surface area contributed by atoms with Crippen LogP contribution in [0.25, 0.3) is 0 Å². The second-order valence-electron chi connectivity index (χ2n) is 6.15. The number of carbonyl (C=O) groups excluding carboxylic acids is 1. The Kier molecular flexibility index (Phi) is 6.42. The van der Waals surface area contributed by atoms with E-state index in [0.717, 1.165) is 5.56 Å². The van der Waals surface area contributed by atoms with Crippen molar-refractivity contribution in [1.82, 2.24) is 9.97 Å². The molecule has 0 fully saturated rings. The number of H-pyrrole nitrogens is 1. The van der Waals surface area contributed by atoms with E-state index >= 15 is 0 Å². The number of carboxylic acid groups (broad SMARTS) is 1. The number of anilines is 2. The summed E-state index contributed by atoms with van der Waals surface area (Å²) in [5.74, 6) is -2.73. The van der Waals surface area contributed by atoms with Crippen LogP contribution in [0, 0.1) is 10.1 Å². The fraction of sp³-hybridized carbons (Fsp3) is 0.294. The quantitative estimate of drug-likeness (QED) is 0.381. The molecule has 1 atom stereocenters. The molecule has 28 heavy (non-hydrogen) atoms. The molecule has 0 aliphatic carbocycles. The number of nitrogens with two attached hydrogens (primary N) is 1. The summed E-state index contributed by atoms with van der Waals surface area (Å²) >= 11 is 0. The monoisotopic (exact) mass is 389 g/mol. The number of nitrogens with one attached hydrogen (secondary N) is 2. The average molecular weight is 389 g/mol. The standard InChI is InChI=1S/C17H19N5O6/c1-9(23)19-14-13(15(24)21-17(18)20-14)12(8-22(27)28)7-4-10-2-5-11(6-3-10)16(25)26/h2-3,5-6,12H,4,7-8H2,1H3,(H,25,26)(H4,18,19,20,21,23,24). The Labute approximate surface area is 158 Å². The highest BCUT2D eigenvalue weighted by atomic mass is 16.6. The van der Waals surface area contributed by atoms with Crippen LogP contribution in [0.5, 0.6) is 0 Å². The van der Waals surface area contributed by atoms with E-state index in [-0.39, 0.29) is 29.3 Å². The maximum atomic E-state index is 12.4. The SMILES string of the molecule is CC(=O)Nc1nc(N)[nH]c(=O)c1C(CCc1ccc(C(=O)O)cc1)C[N+](=O)[O-]. The molecule has 0 aliphatic heterocycles. The molecule has 1 aromatic carbocycles. The number of hydrogen-bond acceptors (Lipinski definition) is 7. The number of nitrogen functional groups attached to an aromatic ring is 1. The van der Waals surface area contributed by atoms with Crippen LogP contribution < -0.4 is 16.6 Å². The molecule has 0 radical (unpaired) electrons. The minimum absolute atomic E-state index is 0.0248. The second kappa shape index (κ2) is 8.75. The van der Waals surface area contributed by atoms with E-state index in [0.29, 0.717) is 6.42 Å². The lowest BCUT2D eigenvalue weighted by Crippen LogP contribution is -2.27. The number of aromatic amines is 1. The third-order valence-corrected chi connectivity index (χ3v) is 4.03. The molecule has 1 unspecified atom stereocenters. The lowest BCUT2D eigenvalue weighted by atomic mass is 9.93. The molecular formula is C17H19N5O6. The van der Waals surface area contributed by atoms with Crippen molar-refractivity contribution >= 4 is 23.6 Å². The maximum Gasteiger partial charge on any atom is 0.335 e. The Bertz CT molecular complexity index is 954. The van der Waals surface area contributed by atoms with Crippen molar-refractivity contribution in [3.63, 3.8) is 0 Å². The third-order valence-electron chi connectivity index (χ3n) is 4.03. The summed E-state index contributed by atoms with van der Waals surface area (Å²) in [4.78, 5) is 51.5.